The maximum absolute atomic E-state index is 11.5. The molecule has 70 valence electrons. The van der Waals surface area contributed by atoms with Gasteiger partial charge in [-0.3, -0.25) is 4.79 Å². The van der Waals surface area contributed by atoms with E-state index in [1.54, 1.807) is 0 Å². The highest BCUT2D eigenvalue weighted by molar-refractivity contribution is 9.10. The van der Waals surface area contributed by atoms with Gasteiger partial charge in [0.15, 0.2) is 0 Å². The lowest BCUT2D eigenvalue weighted by Gasteiger charge is -2.24. The molecule has 2 atom stereocenters. The smallest absolute Gasteiger partial charge is 0.236 e. The summed E-state index contributed by atoms with van der Waals surface area (Å²) in [6, 6.07) is 0.461. The van der Waals surface area contributed by atoms with E-state index in [1.165, 1.54) is 5.75 Å². The number of alkyl halides is 1. The van der Waals surface area contributed by atoms with E-state index in [-0.39, 0.29) is 10.7 Å². The molecule has 1 fully saturated rings. The molecule has 4 heteroatoms. The molecule has 2 nitrogen and oxygen atoms in total. The molecule has 0 radical (unpaired) electrons. The largest absolute Gasteiger partial charge is 0.341 e. The Kier molecular flexibility index (Phi) is 3.90. The predicted octanol–water partition coefficient (Wildman–Crippen LogP) is 1.73. The van der Waals surface area contributed by atoms with Crippen molar-refractivity contribution in [1.82, 2.24) is 4.90 Å². The van der Waals surface area contributed by atoms with Gasteiger partial charge in [0.25, 0.3) is 0 Å². The van der Waals surface area contributed by atoms with Crippen LogP contribution in [0.4, 0.5) is 0 Å². The Labute approximate surface area is 86.2 Å². The standard InChI is InChI=1S/C8H14BrNOS/c1-6(9)8(11)10(2)7-3-4-12-5-7/h6-7H,3-5H2,1-2H3. The minimum Gasteiger partial charge on any atom is -0.341 e. The minimum absolute atomic E-state index is 0.0481. The molecule has 1 aliphatic heterocycles. The summed E-state index contributed by atoms with van der Waals surface area (Å²) in [7, 11) is 1.90. The van der Waals surface area contributed by atoms with Crippen LogP contribution in [-0.4, -0.2) is 40.2 Å². The first kappa shape index (κ1) is 10.4. The van der Waals surface area contributed by atoms with Crippen molar-refractivity contribution < 1.29 is 4.79 Å². The Bertz CT molecular complexity index is 168. The summed E-state index contributed by atoms with van der Waals surface area (Å²) in [5.41, 5.74) is 0. The van der Waals surface area contributed by atoms with E-state index in [9.17, 15) is 4.79 Å². The van der Waals surface area contributed by atoms with Crippen LogP contribution in [0.2, 0.25) is 0 Å². The maximum atomic E-state index is 11.5. The molecule has 12 heavy (non-hydrogen) atoms. The van der Waals surface area contributed by atoms with Crippen molar-refractivity contribution in [2.45, 2.75) is 24.2 Å². The zero-order valence-electron chi connectivity index (χ0n) is 7.42. The summed E-state index contributed by atoms with van der Waals surface area (Å²) in [4.78, 5) is 13.3. The number of rotatable bonds is 2. The zero-order valence-corrected chi connectivity index (χ0v) is 9.82. The Balaban J connectivity index is 2.45. The molecular weight excluding hydrogens is 238 g/mol. The molecule has 1 aliphatic rings. The average Bonchev–Trinajstić information content (AvgIpc) is 2.53. The van der Waals surface area contributed by atoms with Crippen molar-refractivity contribution >= 4 is 33.6 Å². The van der Waals surface area contributed by atoms with Crippen molar-refractivity contribution in [1.29, 1.82) is 0 Å². The zero-order chi connectivity index (χ0) is 9.14. The topological polar surface area (TPSA) is 20.3 Å². The predicted molar refractivity (Wildman–Crippen MR) is 56.9 cm³/mol. The van der Waals surface area contributed by atoms with E-state index in [0.717, 1.165) is 12.2 Å². The van der Waals surface area contributed by atoms with Gasteiger partial charge in [-0.25, -0.2) is 0 Å². The van der Waals surface area contributed by atoms with Crippen LogP contribution in [0.3, 0.4) is 0 Å². The van der Waals surface area contributed by atoms with E-state index in [1.807, 2.05) is 30.6 Å². The van der Waals surface area contributed by atoms with E-state index >= 15 is 0 Å². The van der Waals surface area contributed by atoms with E-state index in [4.69, 9.17) is 0 Å². The summed E-state index contributed by atoms with van der Waals surface area (Å²) >= 11 is 5.22. The lowest BCUT2D eigenvalue weighted by molar-refractivity contribution is -0.130. The quantitative estimate of drug-likeness (QED) is 0.698. The molecular formula is C8H14BrNOS. The van der Waals surface area contributed by atoms with Crippen LogP contribution in [0.15, 0.2) is 0 Å². The first-order valence-electron chi connectivity index (χ1n) is 4.11. The number of thioether (sulfide) groups is 1. The molecule has 1 saturated heterocycles. The molecule has 0 aromatic heterocycles. The molecule has 0 saturated carbocycles. The van der Waals surface area contributed by atoms with Gasteiger partial charge in [-0.2, -0.15) is 11.8 Å². The van der Waals surface area contributed by atoms with Crippen LogP contribution in [0.25, 0.3) is 0 Å². The Morgan fingerprint density at radius 2 is 2.42 bits per heavy atom. The van der Waals surface area contributed by atoms with Gasteiger partial charge in [-0.1, -0.05) is 15.9 Å². The minimum atomic E-state index is -0.0481. The number of carbonyl (C=O) groups is 1. The fourth-order valence-corrected chi connectivity index (χ4v) is 2.88. The highest BCUT2D eigenvalue weighted by atomic mass is 79.9. The third kappa shape index (κ3) is 2.39. The normalized spacial score (nSPS) is 25.4. The lowest BCUT2D eigenvalue weighted by atomic mass is 10.2. The molecule has 1 amide bonds. The number of halogens is 1. The van der Waals surface area contributed by atoms with Gasteiger partial charge in [-0.05, 0) is 19.1 Å². The van der Waals surface area contributed by atoms with Gasteiger partial charge in [0.1, 0.15) is 0 Å². The van der Waals surface area contributed by atoms with Crippen LogP contribution in [-0.2, 0) is 4.79 Å². The first-order valence-corrected chi connectivity index (χ1v) is 6.18. The number of carbonyl (C=O) groups excluding carboxylic acids is 1. The molecule has 1 rings (SSSR count). The molecule has 0 N–H and O–H groups in total. The number of hydrogen-bond donors (Lipinski definition) is 0. The first-order chi connectivity index (χ1) is 5.63. The molecule has 0 bridgehead atoms. The maximum Gasteiger partial charge on any atom is 0.236 e. The van der Waals surface area contributed by atoms with Crippen LogP contribution in [0.1, 0.15) is 13.3 Å². The average molecular weight is 252 g/mol. The van der Waals surface area contributed by atoms with Gasteiger partial charge in [0.05, 0.1) is 4.83 Å². The summed E-state index contributed by atoms with van der Waals surface area (Å²) in [6.07, 6.45) is 1.15. The molecule has 0 aromatic carbocycles. The van der Waals surface area contributed by atoms with Gasteiger partial charge in [0.2, 0.25) is 5.91 Å². The van der Waals surface area contributed by atoms with Crippen molar-refractivity contribution in [2.75, 3.05) is 18.6 Å². The summed E-state index contributed by atoms with van der Waals surface area (Å²) in [5, 5.41) is 0. The second-order valence-electron chi connectivity index (χ2n) is 3.08. The van der Waals surface area contributed by atoms with Crippen molar-refractivity contribution in [3.05, 3.63) is 0 Å². The molecule has 2 unspecified atom stereocenters. The molecule has 1 heterocycles. The Hall–Kier alpha value is 0.300. The molecule has 0 aliphatic carbocycles. The number of nitrogens with zero attached hydrogens (tertiary/aromatic N) is 1. The summed E-state index contributed by atoms with van der Waals surface area (Å²) in [6.45, 7) is 1.88. The highest BCUT2D eigenvalue weighted by Crippen LogP contribution is 2.22. The molecule has 0 aromatic rings. The van der Waals surface area contributed by atoms with E-state index in [0.29, 0.717) is 6.04 Å². The third-order valence-corrected chi connectivity index (χ3v) is 3.68. The second-order valence-corrected chi connectivity index (χ2v) is 5.61. The van der Waals surface area contributed by atoms with Gasteiger partial charge < -0.3 is 4.90 Å². The lowest BCUT2D eigenvalue weighted by Crippen LogP contribution is -2.40. The van der Waals surface area contributed by atoms with E-state index in [2.05, 4.69) is 15.9 Å². The van der Waals surface area contributed by atoms with Gasteiger partial charge in [-0.15, -0.1) is 0 Å². The summed E-state index contributed by atoms with van der Waals surface area (Å²) in [5.74, 6) is 2.49. The molecule has 0 spiro atoms. The van der Waals surface area contributed by atoms with Crippen LogP contribution >= 0.6 is 27.7 Å². The third-order valence-electron chi connectivity index (χ3n) is 2.14. The number of amides is 1. The van der Waals surface area contributed by atoms with Crippen LogP contribution in [0, 0.1) is 0 Å². The second kappa shape index (κ2) is 4.51. The fraction of sp³-hybridized carbons (Fsp3) is 0.875. The van der Waals surface area contributed by atoms with Crippen molar-refractivity contribution in [3.8, 4) is 0 Å². The van der Waals surface area contributed by atoms with Crippen molar-refractivity contribution in [2.24, 2.45) is 0 Å². The van der Waals surface area contributed by atoms with Crippen molar-refractivity contribution in [3.63, 3.8) is 0 Å². The van der Waals surface area contributed by atoms with Gasteiger partial charge >= 0.3 is 0 Å². The highest BCUT2D eigenvalue weighted by Gasteiger charge is 2.25. The van der Waals surface area contributed by atoms with Crippen LogP contribution < -0.4 is 0 Å². The number of hydrogen-bond acceptors (Lipinski definition) is 2. The summed E-state index contributed by atoms with van der Waals surface area (Å²) < 4.78 is 0. The fourth-order valence-electron chi connectivity index (χ4n) is 1.29. The van der Waals surface area contributed by atoms with Crippen LogP contribution in [0.5, 0.6) is 0 Å². The Morgan fingerprint density at radius 3 is 2.83 bits per heavy atom. The SMILES string of the molecule is CC(Br)C(=O)N(C)C1CCSC1. The monoisotopic (exact) mass is 251 g/mol. The van der Waals surface area contributed by atoms with E-state index < -0.39 is 0 Å². The Morgan fingerprint density at radius 1 is 1.75 bits per heavy atom. The van der Waals surface area contributed by atoms with Gasteiger partial charge in [0, 0.05) is 18.8 Å².